The summed E-state index contributed by atoms with van der Waals surface area (Å²) >= 11 is 12.2. The Hall–Kier alpha value is -3.34. The van der Waals surface area contributed by atoms with E-state index in [1.165, 1.54) is 51.7 Å². The number of halogens is 2. The number of methoxy groups -OCH3 is 3. The molecule has 1 N–H and O–H groups in total. The maximum atomic E-state index is 13.8. The first kappa shape index (κ1) is 28.2. The van der Waals surface area contributed by atoms with Crippen LogP contribution in [-0.4, -0.2) is 55.4 Å². The van der Waals surface area contributed by atoms with Gasteiger partial charge in [-0.2, -0.15) is 0 Å². The predicted octanol–water partition coefficient (Wildman–Crippen LogP) is 4.41. The summed E-state index contributed by atoms with van der Waals surface area (Å²) in [5.41, 5.74) is 0.0900. The summed E-state index contributed by atoms with van der Waals surface area (Å²) in [4.78, 5) is 12.8. The van der Waals surface area contributed by atoms with Gasteiger partial charge in [-0.15, -0.1) is 0 Å². The van der Waals surface area contributed by atoms with Gasteiger partial charge in [-0.1, -0.05) is 35.3 Å². The molecule has 0 aliphatic rings. The summed E-state index contributed by atoms with van der Waals surface area (Å²) in [5.74, 6) is 0.671. The molecule has 0 saturated carbocycles. The van der Waals surface area contributed by atoms with Crippen LogP contribution in [0.1, 0.15) is 0 Å². The van der Waals surface area contributed by atoms with Gasteiger partial charge in [0.15, 0.2) is 11.5 Å². The number of hydrogen-bond donors (Lipinski definition) is 1. The van der Waals surface area contributed by atoms with Crippen molar-refractivity contribution in [2.24, 2.45) is 0 Å². The standard InChI is InChI=1S/C25H26Cl2N2O7S/c1-33-22-10-8-17(26)14-20(22)29(37(31,32)18-9-11-23(34-2)24(15-18)35-3)16-25(30)28-12-13-36-21-7-5-4-6-19(21)27/h4-11,14-15H,12-13,16H2,1-3H3,(H,28,30). The Labute approximate surface area is 225 Å². The molecule has 0 radical (unpaired) electrons. The number of nitrogens with zero attached hydrogens (tertiary/aromatic N) is 1. The molecule has 0 heterocycles. The molecular weight excluding hydrogens is 543 g/mol. The molecular formula is C25H26Cl2N2O7S. The van der Waals surface area contributed by atoms with Gasteiger partial charge < -0.3 is 24.3 Å². The Bertz CT molecular complexity index is 1350. The van der Waals surface area contributed by atoms with Gasteiger partial charge in [0, 0.05) is 11.1 Å². The normalized spacial score (nSPS) is 10.9. The zero-order valence-electron chi connectivity index (χ0n) is 20.4. The third-order valence-electron chi connectivity index (χ3n) is 5.16. The SMILES string of the molecule is COc1ccc(S(=O)(=O)N(CC(=O)NCCOc2ccccc2Cl)c2cc(Cl)ccc2OC)cc1OC. The summed E-state index contributed by atoms with van der Waals surface area (Å²) in [7, 11) is -0.0643. The van der Waals surface area contributed by atoms with Gasteiger partial charge in [-0.3, -0.25) is 9.10 Å². The van der Waals surface area contributed by atoms with Gasteiger partial charge in [0.2, 0.25) is 5.91 Å². The predicted molar refractivity (Wildman–Crippen MR) is 142 cm³/mol. The fourth-order valence-electron chi connectivity index (χ4n) is 3.36. The third-order valence-corrected chi connectivity index (χ3v) is 7.46. The molecule has 0 aromatic heterocycles. The zero-order chi connectivity index (χ0) is 27.0. The maximum Gasteiger partial charge on any atom is 0.265 e. The number of anilines is 1. The van der Waals surface area contributed by atoms with Crippen LogP contribution in [0.5, 0.6) is 23.0 Å². The molecule has 0 bridgehead atoms. The van der Waals surface area contributed by atoms with Crippen molar-refractivity contribution >= 4 is 44.8 Å². The lowest BCUT2D eigenvalue weighted by atomic mass is 10.3. The largest absolute Gasteiger partial charge is 0.495 e. The number of nitrogens with one attached hydrogen (secondary N) is 1. The Kier molecular flexibility index (Phi) is 9.73. The van der Waals surface area contributed by atoms with E-state index in [-0.39, 0.29) is 40.3 Å². The van der Waals surface area contributed by atoms with Crippen LogP contribution in [0.25, 0.3) is 0 Å². The van der Waals surface area contributed by atoms with Gasteiger partial charge >= 0.3 is 0 Å². The number of ether oxygens (including phenoxy) is 4. The summed E-state index contributed by atoms with van der Waals surface area (Å²) in [6.07, 6.45) is 0. The lowest BCUT2D eigenvalue weighted by molar-refractivity contribution is -0.119. The van der Waals surface area contributed by atoms with Gasteiger partial charge in [0.05, 0.1) is 43.5 Å². The minimum atomic E-state index is -4.29. The number of amides is 1. The molecule has 3 aromatic rings. The van der Waals surface area contributed by atoms with Crippen molar-refractivity contribution in [1.82, 2.24) is 5.32 Å². The first-order chi connectivity index (χ1) is 17.7. The minimum absolute atomic E-state index is 0.0900. The number of carbonyl (C=O) groups excluding carboxylic acids is 1. The number of carbonyl (C=O) groups is 1. The fourth-order valence-corrected chi connectivity index (χ4v) is 5.16. The monoisotopic (exact) mass is 568 g/mol. The van der Waals surface area contributed by atoms with E-state index in [1.54, 1.807) is 30.3 Å². The van der Waals surface area contributed by atoms with Crippen LogP contribution < -0.4 is 28.6 Å². The highest BCUT2D eigenvalue weighted by Crippen LogP contribution is 2.37. The molecule has 198 valence electrons. The van der Waals surface area contributed by atoms with Crippen molar-refractivity contribution < 1.29 is 32.2 Å². The number of para-hydroxylation sites is 1. The average Bonchev–Trinajstić information content (AvgIpc) is 2.90. The quantitative estimate of drug-likeness (QED) is 0.323. The van der Waals surface area contributed by atoms with Crippen LogP contribution in [0.15, 0.2) is 65.6 Å². The molecule has 9 nitrogen and oxygen atoms in total. The molecule has 0 saturated heterocycles. The van der Waals surface area contributed by atoms with Crippen molar-refractivity contribution in [2.75, 3.05) is 45.3 Å². The van der Waals surface area contributed by atoms with Crippen molar-refractivity contribution in [3.63, 3.8) is 0 Å². The highest BCUT2D eigenvalue weighted by Gasteiger charge is 2.30. The molecule has 0 atom stereocenters. The molecule has 0 unspecified atom stereocenters. The van der Waals surface area contributed by atoms with Crippen LogP contribution in [0, 0.1) is 0 Å². The summed E-state index contributed by atoms with van der Waals surface area (Å²) in [6, 6.07) is 15.5. The molecule has 3 rings (SSSR count). The van der Waals surface area contributed by atoms with Crippen LogP contribution in [0.3, 0.4) is 0 Å². The lowest BCUT2D eigenvalue weighted by Crippen LogP contribution is -2.42. The Morgan fingerprint density at radius 3 is 2.22 bits per heavy atom. The van der Waals surface area contributed by atoms with Gasteiger partial charge in [0.25, 0.3) is 10.0 Å². The van der Waals surface area contributed by atoms with Crippen molar-refractivity contribution in [1.29, 1.82) is 0 Å². The lowest BCUT2D eigenvalue weighted by Gasteiger charge is -2.26. The van der Waals surface area contributed by atoms with E-state index < -0.39 is 22.5 Å². The van der Waals surface area contributed by atoms with E-state index in [0.717, 1.165) is 4.31 Å². The zero-order valence-corrected chi connectivity index (χ0v) is 22.7. The Morgan fingerprint density at radius 1 is 0.865 bits per heavy atom. The number of benzene rings is 3. The van der Waals surface area contributed by atoms with E-state index in [4.69, 9.17) is 42.1 Å². The van der Waals surface area contributed by atoms with Gasteiger partial charge in [0.1, 0.15) is 24.7 Å². The summed E-state index contributed by atoms with van der Waals surface area (Å²) in [6.45, 7) is -0.321. The topological polar surface area (TPSA) is 103 Å². The molecule has 37 heavy (non-hydrogen) atoms. The maximum absolute atomic E-state index is 13.8. The first-order valence-electron chi connectivity index (χ1n) is 10.9. The fraction of sp³-hybridized carbons (Fsp3) is 0.240. The van der Waals surface area contributed by atoms with Crippen LogP contribution >= 0.6 is 23.2 Å². The first-order valence-corrected chi connectivity index (χ1v) is 13.1. The molecule has 3 aromatic carbocycles. The third kappa shape index (κ3) is 6.91. The van der Waals surface area contributed by atoms with E-state index in [2.05, 4.69) is 5.32 Å². The van der Waals surface area contributed by atoms with E-state index in [1.807, 2.05) is 0 Å². The molecule has 0 aliphatic heterocycles. The summed E-state index contributed by atoms with van der Waals surface area (Å²) in [5, 5.41) is 3.36. The van der Waals surface area contributed by atoms with Crippen LogP contribution in [-0.2, 0) is 14.8 Å². The smallest absolute Gasteiger partial charge is 0.265 e. The molecule has 0 spiro atoms. The number of sulfonamides is 1. The Morgan fingerprint density at radius 2 is 1.54 bits per heavy atom. The number of rotatable bonds is 12. The minimum Gasteiger partial charge on any atom is -0.495 e. The Balaban J connectivity index is 1.87. The molecule has 0 fully saturated rings. The van der Waals surface area contributed by atoms with Crippen molar-refractivity contribution in [3.05, 3.63) is 70.7 Å². The van der Waals surface area contributed by atoms with E-state index in [0.29, 0.717) is 16.5 Å². The van der Waals surface area contributed by atoms with E-state index >= 15 is 0 Å². The highest BCUT2D eigenvalue weighted by atomic mass is 35.5. The molecule has 1 amide bonds. The van der Waals surface area contributed by atoms with Crippen molar-refractivity contribution in [3.8, 4) is 23.0 Å². The number of hydrogen-bond acceptors (Lipinski definition) is 7. The van der Waals surface area contributed by atoms with Crippen LogP contribution in [0.4, 0.5) is 5.69 Å². The molecule has 12 heteroatoms. The second kappa shape index (κ2) is 12.8. The van der Waals surface area contributed by atoms with E-state index in [9.17, 15) is 13.2 Å². The van der Waals surface area contributed by atoms with Crippen LogP contribution in [0.2, 0.25) is 10.0 Å². The van der Waals surface area contributed by atoms with Gasteiger partial charge in [-0.25, -0.2) is 8.42 Å². The van der Waals surface area contributed by atoms with Crippen molar-refractivity contribution in [2.45, 2.75) is 4.90 Å². The second-order valence-electron chi connectivity index (χ2n) is 7.47. The molecule has 0 aliphatic carbocycles. The highest BCUT2D eigenvalue weighted by molar-refractivity contribution is 7.92. The second-order valence-corrected chi connectivity index (χ2v) is 10.2. The summed E-state index contributed by atoms with van der Waals surface area (Å²) < 4.78 is 49.9. The average molecular weight is 569 g/mol. The van der Waals surface area contributed by atoms with Gasteiger partial charge in [-0.05, 0) is 42.5 Å².